The first-order valence-corrected chi connectivity index (χ1v) is 7.93. The molecule has 0 N–H and O–H groups in total. The molecule has 1 heterocycles. The molecule has 0 aromatic heterocycles. The monoisotopic (exact) mass is 289 g/mol. The highest BCUT2D eigenvalue weighted by Gasteiger charge is 2.32. The van der Waals surface area contributed by atoms with Gasteiger partial charge in [-0.1, -0.05) is 32.9 Å². The van der Waals surface area contributed by atoms with E-state index in [1.807, 2.05) is 43.0 Å². The molecular weight excluding hydrogens is 262 g/mol. The second kappa shape index (κ2) is 6.50. The van der Waals surface area contributed by atoms with Crippen molar-refractivity contribution < 1.29 is 9.53 Å². The van der Waals surface area contributed by atoms with Gasteiger partial charge < -0.3 is 9.64 Å². The molecule has 1 fully saturated rings. The van der Waals surface area contributed by atoms with Crippen LogP contribution in [0, 0.1) is 12.3 Å². The third-order valence-electron chi connectivity index (χ3n) is 4.13. The van der Waals surface area contributed by atoms with Crippen LogP contribution in [0.25, 0.3) is 0 Å². The summed E-state index contributed by atoms with van der Waals surface area (Å²) in [5, 5.41) is 0. The van der Waals surface area contributed by atoms with Gasteiger partial charge in [0.1, 0.15) is 5.75 Å². The fourth-order valence-corrected chi connectivity index (χ4v) is 2.98. The van der Waals surface area contributed by atoms with Crippen LogP contribution in [0.2, 0.25) is 0 Å². The highest BCUT2D eigenvalue weighted by atomic mass is 16.5. The third-order valence-corrected chi connectivity index (χ3v) is 4.13. The summed E-state index contributed by atoms with van der Waals surface area (Å²) in [6.45, 7) is 10.2. The van der Waals surface area contributed by atoms with E-state index < -0.39 is 0 Å². The van der Waals surface area contributed by atoms with Crippen LogP contribution >= 0.6 is 0 Å². The van der Waals surface area contributed by atoms with Gasteiger partial charge in [0.25, 0.3) is 5.91 Å². The molecule has 1 aromatic carbocycles. The molecule has 0 radical (unpaired) electrons. The van der Waals surface area contributed by atoms with E-state index in [1.54, 1.807) is 0 Å². The van der Waals surface area contributed by atoms with Crippen LogP contribution in [-0.4, -0.2) is 30.0 Å². The summed E-state index contributed by atoms with van der Waals surface area (Å²) < 4.78 is 5.94. The number of piperidine rings is 1. The largest absolute Gasteiger partial charge is 0.481 e. The summed E-state index contributed by atoms with van der Waals surface area (Å²) in [5.74, 6) is 0.915. The molecule has 1 atom stereocenters. The first kappa shape index (κ1) is 15.9. The lowest BCUT2D eigenvalue weighted by Gasteiger charge is -2.39. The first-order valence-electron chi connectivity index (χ1n) is 7.93. The van der Waals surface area contributed by atoms with E-state index in [-0.39, 0.29) is 17.4 Å². The number of carbonyl (C=O) groups is 1. The summed E-state index contributed by atoms with van der Waals surface area (Å²) in [7, 11) is 0. The maximum Gasteiger partial charge on any atom is 0.263 e. The molecule has 3 nitrogen and oxygen atoms in total. The number of hydrogen-bond donors (Lipinski definition) is 0. The van der Waals surface area contributed by atoms with Gasteiger partial charge in [0, 0.05) is 13.1 Å². The maximum atomic E-state index is 12.7. The van der Waals surface area contributed by atoms with E-state index in [2.05, 4.69) is 13.8 Å². The fraction of sp³-hybridized carbons (Fsp3) is 0.611. The molecule has 1 aromatic rings. The van der Waals surface area contributed by atoms with E-state index in [9.17, 15) is 4.79 Å². The van der Waals surface area contributed by atoms with Crippen molar-refractivity contribution in [2.75, 3.05) is 13.1 Å². The van der Waals surface area contributed by atoms with Crippen molar-refractivity contribution in [3.05, 3.63) is 29.8 Å². The average Bonchev–Trinajstić information content (AvgIpc) is 2.43. The zero-order chi connectivity index (χ0) is 15.5. The predicted octanol–water partition coefficient (Wildman–Crippen LogP) is 3.80. The van der Waals surface area contributed by atoms with Gasteiger partial charge in [-0.3, -0.25) is 4.79 Å². The van der Waals surface area contributed by atoms with Crippen molar-refractivity contribution in [3.63, 3.8) is 0 Å². The molecule has 0 spiro atoms. The average molecular weight is 289 g/mol. The van der Waals surface area contributed by atoms with E-state index >= 15 is 0 Å². The van der Waals surface area contributed by atoms with Crippen molar-refractivity contribution in [2.45, 2.75) is 53.1 Å². The number of ether oxygens (including phenoxy) is 1. The number of aryl methyl sites for hydroxylation is 1. The second-order valence-corrected chi connectivity index (χ2v) is 6.86. The number of hydrogen-bond acceptors (Lipinski definition) is 2. The minimum absolute atomic E-state index is 0.131. The minimum atomic E-state index is -0.374. The molecule has 1 amide bonds. The number of amides is 1. The molecule has 2 rings (SSSR count). The SMILES string of the molecule is CC[C@@H](Oc1cccc(C)c1)C(=O)N1CCCC(C)(C)C1. The third kappa shape index (κ3) is 4.23. The smallest absolute Gasteiger partial charge is 0.263 e. The number of benzene rings is 1. The van der Waals surface area contributed by atoms with Gasteiger partial charge in [-0.15, -0.1) is 0 Å². The van der Waals surface area contributed by atoms with Crippen molar-refractivity contribution in [2.24, 2.45) is 5.41 Å². The Morgan fingerprint density at radius 2 is 2.19 bits per heavy atom. The second-order valence-electron chi connectivity index (χ2n) is 6.86. The highest BCUT2D eigenvalue weighted by molar-refractivity contribution is 5.81. The molecule has 1 saturated heterocycles. The fourth-order valence-electron chi connectivity index (χ4n) is 2.98. The molecule has 0 aliphatic carbocycles. The molecule has 116 valence electrons. The van der Waals surface area contributed by atoms with Crippen LogP contribution in [0.4, 0.5) is 0 Å². The Kier molecular flexibility index (Phi) is 4.92. The molecular formula is C18H27NO2. The van der Waals surface area contributed by atoms with Crippen molar-refractivity contribution in [1.29, 1.82) is 0 Å². The summed E-state index contributed by atoms with van der Waals surface area (Å²) in [5.41, 5.74) is 1.36. The van der Waals surface area contributed by atoms with Crippen LogP contribution < -0.4 is 4.74 Å². The summed E-state index contributed by atoms with van der Waals surface area (Å²) in [6.07, 6.45) is 2.59. The van der Waals surface area contributed by atoms with Crippen LogP contribution in [0.5, 0.6) is 5.75 Å². The van der Waals surface area contributed by atoms with E-state index in [0.717, 1.165) is 30.8 Å². The van der Waals surface area contributed by atoms with E-state index in [4.69, 9.17) is 4.74 Å². The number of likely N-dealkylation sites (tertiary alicyclic amines) is 1. The standard InChI is InChI=1S/C18H27NO2/c1-5-16(21-15-9-6-8-14(2)12-15)17(20)19-11-7-10-18(3,4)13-19/h6,8-9,12,16H,5,7,10-11,13H2,1-4H3/t16-/m1/s1. The van der Waals surface area contributed by atoms with Gasteiger partial charge in [0.15, 0.2) is 6.10 Å². The van der Waals surface area contributed by atoms with Gasteiger partial charge in [-0.2, -0.15) is 0 Å². The summed E-state index contributed by atoms with van der Waals surface area (Å²) >= 11 is 0. The molecule has 0 saturated carbocycles. The number of nitrogens with zero attached hydrogens (tertiary/aromatic N) is 1. The lowest BCUT2D eigenvalue weighted by atomic mass is 9.84. The molecule has 0 bridgehead atoms. The number of rotatable bonds is 4. The molecule has 0 unspecified atom stereocenters. The van der Waals surface area contributed by atoms with E-state index in [1.165, 1.54) is 6.42 Å². The Morgan fingerprint density at radius 3 is 2.81 bits per heavy atom. The summed E-state index contributed by atoms with van der Waals surface area (Å²) in [6, 6.07) is 7.90. The Morgan fingerprint density at radius 1 is 1.43 bits per heavy atom. The Labute approximate surface area is 128 Å². The Balaban J connectivity index is 2.04. The topological polar surface area (TPSA) is 29.5 Å². The Bertz CT molecular complexity index is 496. The van der Waals surface area contributed by atoms with Gasteiger partial charge in [0.2, 0.25) is 0 Å². The lowest BCUT2D eigenvalue weighted by molar-refractivity contribution is -0.142. The van der Waals surface area contributed by atoms with Gasteiger partial charge in [-0.25, -0.2) is 0 Å². The highest BCUT2D eigenvalue weighted by Crippen LogP contribution is 2.29. The van der Waals surface area contributed by atoms with Crippen LogP contribution in [-0.2, 0) is 4.79 Å². The van der Waals surface area contributed by atoms with Crippen LogP contribution in [0.1, 0.15) is 45.6 Å². The van der Waals surface area contributed by atoms with Crippen LogP contribution in [0.3, 0.4) is 0 Å². The van der Waals surface area contributed by atoms with Gasteiger partial charge in [-0.05, 0) is 49.3 Å². The van der Waals surface area contributed by atoms with Crippen molar-refractivity contribution >= 4 is 5.91 Å². The van der Waals surface area contributed by atoms with Gasteiger partial charge >= 0.3 is 0 Å². The zero-order valence-electron chi connectivity index (χ0n) is 13.7. The molecule has 3 heteroatoms. The maximum absolute atomic E-state index is 12.7. The van der Waals surface area contributed by atoms with Crippen molar-refractivity contribution in [3.8, 4) is 5.75 Å². The van der Waals surface area contributed by atoms with Crippen LogP contribution in [0.15, 0.2) is 24.3 Å². The van der Waals surface area contributed by atoms with E-state index in [0.29, 0.717) is 6.42 Å². The lowest BCUT2D eigenvalue weighted by Crippen LogP contribution is -2.48. The predicted molar refractivity (Wildman–Crippen MR) is 85.5 cm³/mol. The molecule has 1 aliphatic heterocycles. The molecule has 21 heavy (non-hydrogen) atoms. The molecule has 1 aliphatic rings. The normalized spacial score (nSPS) is 19.1. The van der Waals surface area contributed by atoms with Crippen molar-refractivity contribution in [1.82, 2.24) is 4.90 Å². The quantitative estimate of drug-likeness (QED) is 0.843. The first-order chi connectivity index (χ1) is 9.91. The van der Waals surface area contributed by atoms with Gasteiger partial charge in [0.05, 0.1) is 0 Å². The Hall–Kier alpha value is -1.51. The summed E-state index contributed by atoms with van der Waals surface area (Å²) in [4.78, 5) is 14.7. The zero-order valence-corrected chi connectivity index (χ0v) is 13.7. The minimum Gasteiger partial charge on any atom is -0.481 e. The number of carbonyl (C=O) groups excluding carboxylic acids is 1.